The number of alkyl halides is 3. The van der Waals surface area contributed by atoms with Crippen molar-refractivity contribution >= 4 is 0 Å². The van der Waals surface area contributed by atoms with Crippen LogP contribution in [-0.2, 0) is 4.74 Å². The normalized spacial score (nSPS) is 17.8. The van der Waals surface area contributed by atoms with Gasteiger partial charge in [0, 0.05) is 0 Å². The van der Waals surface area contributed by atoms with Gasteiger partial charge in [-0.2, -0.15) is 0 Å². The van der Waals surface area contributed by atoms with Crippen molar-refractivity contribution in [2.24, 2.45) is 0 Å². The van der Waals surface area contributed by atoms with Crippen molar-refractivity contribution in [1.82, 2.24) is 0 Å². The summed E-state index contributed by atoms with van der Waals surface area (Å²) >= 11 is 0. The first kappa shape index (κ1) is 10.2. The van der Waals surface area contributed by atoms with Crippen LogP contribution in [0.5, 0.6) is 0 Å². The van der Waals surface area contributed by atoms with E-state index in [1.54, 1.807) is 0 Å². The first-order valence-corrected chi connectivity index (χ1v) is 4.16. The van der Waals surface area contributed by atoms with E-state index in [1.165, 1.54) is 12.2 Å². The summed E-state index contributed by atoms with van der Waals surface area (Å²) in [6.07, 6.45) is 0.604. The Morgan fingerprint density at radius 2 is 2.15 bits per heavy atom. The third kappa shape index (κ3) is 3.53. The minimum atomic E-state index is -4.57. The summed E-state index contributed by atoms with van der Waals surface area (Å²) in [5, 5.41) is 0. The summed E-state index contributed by atoms with van der Waals surface area (Å²) in [4.78, 5) is 0. The van der Waals surface area contributed by atoms with Crippen molar-refractivity contribution in [2.45, 2.75) is 32.5 Å². The Kier molecular flexibility index (Phi) is 3.01. The molecule has 0 bridgehead atoms. The average molecular weight is 192 g/mol. The molecule has 0 spiro atoms. The molecule has 4 heteroatoms. The van der Waals surface area contributed by atoms with Gasteiger partial charge < -0.3 is 4.74 Å². The molecule has 0 fully saturated rings. The molecular formula is C9H11F3O. The largest absolute Gasteiger partial charge is 0.573 e. The highest BCUT2D eigenvalue weighted by molar-refractivity contribution is 5.23. The number of rotatable bonds is 2. The van der Waals surface area contributed by atoms with E-state index >= 15 is 0 Å². The Hall–Kier alpha value is -0.930. The predicted molar refractivity (Wildman–Crippen MR) is 42.8 cm³/mol. The fourth-order valence-electron chi connectivity index (χ4n) is 1.22. The van der Waals surface area contributed by atoms with E-state index in [1.807, 2.05) is 6.92 Å². The summed E-state index contributed by atoms with van der Waals surface area (Å²) in [6, 6.07) is 0. The lowest BCUT2D eigenvalue weighted by molar-refractivity contribution is -0.303. The Morgan fingerprint density at radius 1 is 1.46 bits per heavy atom. The van der Waals surface area contributed by atoms with Crippen molar-refractivity contribution in [3.8, 4) is 0 Å². The third-order valence-corrected chi connectivity index (χ3v) is 1.85. The molecule has 0 saturated carbocycles. The molecule has 74 valence electrons. The van der Waals surface area contributed by atoms with Gasteiger partial charge in [0.15, 0.2) is 0 Å². The molecule has 0 heterocycles. The number of allylic oxidation sites excluding steroid dienone is 3. The lowest BCUT2D eigenvalue weighted by Gasteiger charge is -2.14. The van der Waals surface area contributed by atoms with E-state index in [4.69, 9.17) is 0 Å². The van der Waals surface area contributed by atoms with E-state index in [0.717, 1.165) is 18.4 Å². The van der Waals surface area contributed by atoms with E-state index in [0.29, 0.717) is 6.42 Å². The Labute approximate surface area is 74.9 Å². The lowest BCUT2D eigenvalue weighted by atomic mass is 10.0. The molecule has 0 aromatic heterocycles. The fraction of sp³-hybridized carbons (Fsp3) is 0.556. The Morgan fingerprint density at radius 3 is 2.69 bits per heavy atom. The van der Waals surface area contributed by atoms with Crippen LogP contribution in [0, 0.1) is 0 Å². The molecule has 0 atom stereocenters. The summed E-state index contributed by atoms with van der Waals surface area (Å²) in [7, 11) is 0. The highest BCUT2D eigenvalue weighted by atomic mass is 19.4. The predicted octanol–water partition coefficient (Wildman–Crippen LogP) is 3.54. The van der Waals surface area contributed by atoms with Crippen molar-refractivity contribution in [2.75, 3.05) is 0 Å². The van der Waals surface area contributed by atoms with Gasteiger partial charge >= 0.3 is 6.36 Å². The quantitative estimate of drug-likeness (QED) is 0.650. The summed E-state index contributed by atoms with van der Waals surface area (Å²) in [5.41, 5.74) is 1.00. The molecule has 1 aliphatic carbocycles. The molecular weight excluding hydrogens is 181 g/mol. The van der Waals surface area contributed by atoms with Crippen molar-refractivity contribution in [3.63, 3.8) is 0 Å². The van der Waals surface area contributed by atoms with E-state index < -0.39 is 6.36 Å². The van der Waals surface area contributed by atoms with Crippen LogP contribution in [-0.4, -0.2) is 6.36 Å². The van der Waals surface area contributed by atoms with Crippen LogP contribution in [0.1, 0.15) is 26.2 Å². The van der Waals surface area contributed by atoms with Crippen LogP contribution < -0.4 is 0 Å². The van der Waals surface area contributed by atoms with Gasteiger partial charge in [-0.1, -0.05) is 12.5 Å². The molecule has 1 aliphatic rings. The van der Waals surface area contributed by atoms with Crippen LogP contribution in [0.3, 0.4) is 0 Å². The van der Waals surface area contributed by atoms with E-state index in [9.17, 15) is 13.2 Å². The minimum Gasteiger partial charge on any atom is -0.406 e. The molecule has 0 radical (unpaired) electrons. The molecule has 0 saturated heterocycles. The molecule has 0 aromatic carbocycles. The zero-order valence-corrected chi connectivity index (χ0v) is 7.32. The Balaban J connectivity index is 2.61. The third-order valence-electron chi connectivity index (χ3n) is 1.85. The Bertz CT molecular complexity index is 238. The van der Waals surface area contributed by atoms with Gasteiger partial charge in [0.25, 0.3) is 0 Å². The zero-order valence-electron chi connectivity index (χ0n) is 7.32. The maximum atomic E-state index is 11.8. The van der Waals surface area contributed by atoms with Crippen LogP contribution >= 0.6 is 0 Å². The van der Waals surface area contributed by atoms with E-state index in [2.05, 4.69) is 4.74 Å². The summed E-state index contributed by atoms with van der Waals surface area (Å²) < 4.78 is 39.1. The second-order valence-electron chi connectivity index (χ2n) is 2.85. The minimum absolute atomic E-state index is 0.0735. The van der Waals surface area contributed by atoms with Gasteiger partial charge in [-0.25, -0.2) is 0 Å². The molecule has 0 aromatic rings. The van der Waals surface area contributed by atoms with Crippen LogP contribution in [0.15, 0.2) is 23.5 Å². The maximum absolute atomic E-state index is 11.8. The highest BCUT2D eigenvalue weighted by Gasteiger charge is 2.31. The number of hydrogen-bond donors (Lipinski definition) is 0. The van der Waals surface area contributed by atoms with Crippen molar-refractivity contribution < 1.29 is 17.9 Å². The SMILES string of the molecule is CCC1=CC(OC(F)(F)F)=CCC1. The average Bonchev–Trinajstić information content (AvgIpc) is 2.01. The van der Waals surface area contributed by atoms with Crippen LogP contribution in [0.2, 0.25) is 0 Å². The number of halogens is 3. The van der Waals surface area contributed by atoms with Crippen LogP contribution in [0.25, 0.3) is 0 Å². The molecule has 0 aliphatic heterocycles. The molecule has 13 heavy (non-hydrogen) atoms. The van der Waals surface area contributed by atoms with Crippen molar-refractivity contribution in [1.29, 1.82) is 0 Å². The molecule has 1 rings (SSSR count). The van der Waals surface area contributed by atoms with Gasteiger partial charge in [-0.3, -0.25) is 0 Å². The zero-order chi connectivity index (χ0) is 9.90. The van der Waals surface area contributed by atoms with Gasteiger partial charge in [0.2, 0.25) is 0 Å². The first-order valence-electron chi connectivity index (χ1n) is 4.16. The van der Waals surface area contributed by atoms with Crippen molar-refractivity contribution in [3.05, 3.63) is 23.5 Å². The summed E-state index contributed by atoms with van der Waals surface area (Å²) in [5.74, 6) is -0.0735. The fourth-order valence-corrected chi connectivity index (χ4v) is 1.22. The second-order valence-corrected chi connectivity index (χ2v) is 2.85. The van der Waals surface area contributed by atoms with Gasteiger partial charge in [0.1, 0.15) is 5.76 Å². The van der Waals surface area contributed by atoms with Crippen LogP contribution in [0.4, 0.5) is 13.2 Å². The highest BCUT2D eigenvalue weighted by Crippen LogP contribution is 2.26. The second kappa shape index (κ2) is 3.85. The smallest absolute Gasteiger partial charge is 0.406 e. The maximum Gasteiger partial charge on any atom is 0.573 e. The molecule has 0 N–H and O–H groups in total. The molecule has 1 nitrogen and oxygen atoms in total. The van der Waals surface area contributed by atoms with Gasteiger partial charge in [0.05, 0.1) is 0 Å². The standard InChI is InChI=1S/C9H11F3O/c1-2-7-4-3-5-8(6-7)13-9(10,11)12/h5-6H,2-4H2,1H3. The number of ether oxygens (including phenoxy) is 1. The summed E-state index contributed by atoms with van der Waals surface area (Å²) in [6.45, 7) is 1.92. The van der Waals surface area contributed by atoms with Gasteiger partial charge in [-0.05, 0) is 31.4 Å². The van der Waals surface area contributed by atoms with Gasteiger partial charge in [-0.15, -0.1) is 13.2 Å². The first-order chi connectivity index (χ1) is 6.01. The number of hydrogen-bond acceptors (Lipinski definition) is 1. The molecule has 0 unspecified atom stereocenters. The van der Waals surface area contributed by atoms with E-state index in [-0.39, 0.29) is 5.76 Å². The monoisotopic (exact) mass is 192 g/mol. The topological polar surface area (TPSA) is 9.23 Å². The molecule has 0 amide bonds. The lowest BCUT2D eigenvalue weighted by Crippen LogP contribution is -2.13.